The van der Waals surface area contributed by atoms with Crippen LogP contribution in [0.1, 0.15) is 5.56 Å². The number of carbonyl (C=O) groups excluding carboxylic acids is 1. The van der Waals surface area contributed by atoms with Crippen LogP contribution in [-0.4, -0.2) is 50.3 Å². The lowest BCUT2D eigenvalue weighted by Crippen LogP contribution is -2.42. The molecule has 2 N–H and O–H groups in total. The molecule has 0 unspecified atom stereocenters. The smallest absolute Gasteiger partial charge is 0.319 e. The Morgan fingerprint density at radius 3 is 2.65 bits per heavy atom. The third kappa shape index (κ3) is 4.53. The zero-order chi connectivity index (χ0) is 14.2. The van der Waals surface area contributed by atoms with E-state index >= 15 is 0 Å². The van der Waals surface area contributed by atoms with Gasteiger partial charge in [0.25, 0.3) is 0 Å². The Morgan fingerprint density at radius 1 is 1.30 bits per heavy atom. The van der Waals surface area contributed by atoms with Gasteiger partial charge in [-0.05, 0) is 24.3 Å². The van der Waals surface area contributed by atoms with Gasteiger partial charge in [0.15, 0.2) is 0 Å². The Balaban J connectivity index is 1.68. The third-order valence-electron chi connectivity index (χ3n) is 3.09. The average Bonchev–Trinajstić information content (AvgIpc) is 2.49. The number of urea groups is 1. The number of nitriles is 1. The van der Waals surface area contributed by atoms with Crippen LogP contribution in [0.4, 0.5) is 10.5 Å². The molecule has 6 nitrogen and oxygen atoms in total. The van der Waals surface area contributed by atoms with Crippen LogP contribution in [0.3, 0.4) is 0 Å². The summed E-state index contributed by atoms with van der Waals surface area (Å²) in [4.78, 5) is 13.9. The molecule has 2 amide bonds. The molecule has 1 aliphatic heterocycles. The topological polar surface area (TPSA) is 77.4 Å². The second-order valence-corrected chi connectivity index (χ2v) is 4.52. The van der Waals surface area contributed by atoms with Gasteiger partial charge in [0.1, 0.15) is 0 Å². The van der Waals surface area contributed by atoms with Crippen LogP contribution in [0.25, 0.3) is 0 Å². The molecular formula is C14H18N4O2. The van der Waals surface area contributed by atoms with Gasteiger partial charge in [0, 0.05) is 31.9 Å². The van der Waals surface area contributed by atoms with Gasteiger partial charge in [-0.25, -0.2) is 4.79 Å². The van der Waals surface area contributed by atoms with Crippen LogP contribution >= 0.6 is 0 Å². The maximum absolute atomic E-state index is 11.7. The van der Waals surface area contributed by atoms with Crippen molar-refractivity contribution in [3.8, 4) is 6.07 Å². The zero-order valence-electron chi connectivity index (χ0n) is 11.3. The summed E-state index contributed by atoms with van der Waals surface area (Å²) in [5.41, 5.74) is 1.25. The Kier molecular flexibility index (Phi) is 5.35. The summed E-state index contributed by atoms with van der Waals surface area (Å²) in [7, 11) is 0. The van der Waals surface area contributed by atoms with Gasteiger partial charge in [-0.15, -0.1) is 0 Å². The predicted octanol–water partition coefficient (Wildman–Crippen LogP) is 1.01. The van der Waals surface area contributed by atoms with Crippen molar-refractivity contribution in [2.45, 2.75) is 0 Å². The quantitative estimate of drug-likeness (QED) is 0.859. The van der Waals surface area contributed by atoms with E-state index in [2.05, 4.69) is 15.5 Å². The molecule has 0 atom stereocenters. The Morgan fingerprint density at radius 2 is 2.00 bits per heavy atom. The summed E-state index contributed by atoms with van der Waals surface area (Å²) >= 11 is 0. The molecule has 0 bridgehead atoms. The van der Waals surface area contributed by atoms with E-state index in [1.54, 1.807) is 24.3 Å². The van der Waals surface area contributed by atoms with Crippen molar-refractivity contribution in [2.75, 3.05) is 44.7 Å². The van der Waals surface area contributed by atoms with Crippen molar-refractivity contribution in [1.29, 1.82) is 5.26 Å². The normalized spacial score (nSPS) is 15.3. The number of carbonyl (C=O) groups is 1. The summed E-state index contributed by atoms with van der Waals surface area (Å²) in [6.07, 6.45) is 0. The van der Waals surface area contributed by atoms with Crippen molar-refractivity contribution < 1.29 is 9.53 Å². The lowest BCUT2D eigenvalue weighted by Gasteiger charge is -2.26. The van der Waals surface area contributed by atoms with E-state index in [4.69, 9.17) is 10.00 Å². The molecule has 0 aromatic heterocycles. The molecule has 106 valence electrons. The van der Waals surface area contributed by atoms with E-state index < -0.39 is 0 Å². The first-order valence-electron chi connectivity index (χ1n) is 6.63. The SMILES string of the molecule is N#Cc1ccc(NC(=O)NCCN2CCOCC2)cc1. The summed E-state index contributed by atoms with van der Waals surface area (Å²) < 4.78 is 5.26. The molecule has 1 aliphatic rings. The number of morpholine rings is 1. The molecule has 1 aromatic carbocycles. The van der Waals surface area contributed by atoms with E-state index in [1.165, 1.54) is 0 Å². The first-order chi connectivity index (χ1) is 9.78. The van der Waals surface area contributed by atoms with Gasteiger partial charge < -0.3 is 15.4 Å². The van der Waals surface area contributed by atoms with Crippen molar-refractivity contribution in [1.82, 2.24) is 10.2 Å². The number of nitrogens with zero attached hydrogens (tertiary/aromatic N) is 2. The number of hydrogen-bond acceptors (Lipinski definition) is 4. The Hall–Kier alpha value is -2.10. The van der Waals surface area contributed by atoms with E-state index in [1.807, 2.05) is 6.07 Å². The van der Waals surface area contributed by atoms with Gasteiger partial charge in [0.2, 0.25) is 0 Å². The highest BCUT2D eigenvalue weighted by atomic mass is 16.5. The Labute approximate surface area is 118 Å². The molecule has 0 spiro atoms. The summed E-state index contributed by atoms with van der Waals surface area (Å²) in [5.74, 6) is 0. The third-order valence-corrected chi connectivity index (χ3v) is 3.09. The number of nitrogens with one attached hydrogen (secondary N) is 2. The van der Waals surface area contributed by atoms with Crippen LogP contribution < -0.4 is 10.6 Å². The fraction of sp³-hybridized carbons (Fsp3) is 0.429. The van der Waals surface area contributed by atoms with E-state index in [0.717, 1.165) is 32.8 Å². The van der Waals surface area contributed by atoms with Crippen molar-refractivity contribution in [3.05, 3.63) is 29.8 Å². The lowest BCUT2D eigenvalue weighted by atomic mass is 10.2. The van der Waals surface area contributed by atoms with Crippen LogP contribution in [-0.2, 0) is 4.74 Å². The number of rotatable bonds is 4. The molecule has 1 aromatic rings. The maximum Gasteiger partial charge on any atom is 0.319 e. The van der Waals surface area contributed by atoms with E-state index in [9.17, 15) is 4.79 Å². The molecule has 20 heavy (non-hydrogen) atoms. The maximum atomic E-state index is 11.7. The first kappa shape index (κ1) is 14.3. The minimum absolute atomic E-state index is 0.233. The molecule has 2 rings (SSSR count). The number of amides is 2. The van der Waals surface area contributed by atoms with Crippen LogP contribution in [0.2, 0.25) is 0 Å². The first-order valence-corrected chi connectivity index (χ1v) is 6.63. The van der Waals surface area contributed by atoms with Crippen LogP contribution in [0.15, 0.2) is 24.3 Å². The van der Waals surface area contributed by atoms with E-state index in [-0.39, 0.29) is 6.03 Å². The largest absolute Gasteiger partial charge is 0.379 e. The monoisotopic (exact) mass is 274 g/mol. The van der Waals surface area contributed by atoms with Gasteiger partial charge >= 0.3 is 6.03 Å². The standard InChI is InChI=1S/C14H18N4O2/c15-11-12-1-3-13(4-2-12)17-14(19)16-5-6-18-7-9-20-10-8-18/h1-4H,5-10H2,(H2,16,17,19). The van der Waals surface area contributed by atoms with Crippen molar-refractivity contribution in [2.24, 2.45) is 0 Å². The molecule has 1 saturated heterocycles. The van der Waals surface area contributed by atoms with Crippen molar-refractivity contribution >= 4 is 11.7 Å². The van der Waals surface area contributed by atoms with Crippen LogP contribution in [0, 0.1) is 11.3 Å². The van der Waals surface area contributed by atoms with Gasteiger partial charge in [0.05, 0.1) is 24.8 Å². The number of anilines is 1. The highest BCUT2D eigenvalue weighted by Crippen LogP contribution is 2.08. The number of ether oxygens (including phenoxy) is 1. The molecule has 6 heteroatoms. The fourth-order valence-electron chi connectivity index (χ4n) is 1.96. The molecule has 1 heterocycles. The van der Waals surface area contributed by atoms with Crippen molar-refractivity contribution in [3.63, 3.8) is 0 Å². The summed E-state index contributed by atoms with van der Waals surface area (Å²) in [6.45, 7) is 4.78. The number of hydrogen-bond donors (Lipinski definition) is 2. The van der Waals surface area contributed by atoms with E-state index in [0.29, 0.717) is 17.8 Å². The fourth-order valence-corrected chi connectivity index (χ4v) is 1.96. The Bertz CT molecular complexity index is 475. The number of benzene rings is 1. The molecule has 0 aliphatic carbocycles. The highest BCUT2D eigenvalue weighted by Gasteiger charge is 2.10. The average molecular weight is 274 g/mol. The van der Waals surface area contributed by atoms with Crippen LogP contribution in [0.5, 0.6) is 0 Å². The highest BCUT2D eigenvalue weighted by molar-refractivity contribution is 5.89. The molecule has 0 radical (unpaired) electrons. The summed E-state index contributed by atoms with van der Waals surface area (Å²) in [5, 5.41) is 14.2. The molecule has 1 fully saturated rings. The summed E-state index contributed by atoms with van der Waals surface area (Å²) in [6, 6.07) is 8.56. The van der Waals surface area contributed by atoms with Gasteiger partial charge in [-0.1, -0.05) is 0 Å². The minimum Gasteiger partial charge on any atom is -0.379 e. The zero-order valence-corrected chi connectivity index (χ0v) is 11.3. The molecule has 0 saturated carbocycles. The second-order valence-electron chi connectivity index (χ2n) is 4.52. The van der Waals surface area contributed by atoms with Gasteiger partial charge in [-0.2, -0.15) is 5.26 Å². The van der Waals surface area contributed by atoms with Gasteiger partial charge in [-0.3, -0.25) is 4.90 Å². The molecular weight excluding hydrogens is 256 g/mol. The predicted molar refractivity (Wildman–Crippen MR) is 75.4 cm³/mol. The lowest BCUT2D eigenvalue weighted by molar-refractivity contribution is 0.0388. The minimum atomic E-state index is -0.233. The second kappa shape index (κ2) is 7.48.